The first-order valence-electron chi connectivity index (χ1n) is 5.12. The molecule has 2 aromatic heterocycles. The molecule has 92 valence electrons. The summed E-state index contributed by atoms with van der Waals surface area (Å²) in [5.74, 6) is -1.78. The number of aryl methyl sites for hydroxylation is 1. The van der Waals surface area contributed by atoms with Crippen molar-refractivity contribution in [2.75, 3.05) is 5.73 Å². The lowest BCUT2D eigenvalue weighted by Gasteiger charge is -2.06. The monoisotopic (exact) mass is 247 g/mol. The predicted molar refractivity (Wildman–Crippen MR) is 63.5 cm³/mol. The van der Waals surface area contributed by atoms with Gasteiger partial charge in [0.15, 0.2) is 11.5 Å². The largest absolute Gasteiger partial charge is 0.476 e. The Kier molecular flexibility index (Phi) is 2.93. The first-order chi connectivity index (χ1) is 8.50. The van der Waals surface area contributed by atoms with E-state index in [2.05, 4.69) is 9.97 Å². The van der Waals surface area contributed by atoms with Crippen molar-refractivity contribution >= 4 is 11.7 Å². The van der Waals surface area contributed by atoms with Gasteiger partial charge in [0.25, 0.3) is 0 Å². The van der Waals surface area contributed by atoms with Gasteiger partial charge in [-0.3, -0.25) is 4.98 Å². The molecule has 2 rings (SSSR count). The van der Waals surface area contributed by atoms with Crippen molar-refractivity contribution in [3.05, 3.63) is 41.5 Å². The summed E-state index contributed by atoms with van der Waals surface area (Å²) in [7, 11) is 0. The number of pyridine rings is 2. The van der Waals surface area contributed by atoms with Crippen molar-refractivity contribution in [1.82, 2.24) is 9.97 Å². The molecule has 0 aliphatic carbocycles. The van der Waals surface area contributed by atoms with E-state index in [1.807, 2.05) is 0 Å². The molecule has 0 aliphatic rings. The lowest BCUT2D eigenvalue weighted by molar-refractivity contribution is 0.0692. The highest BCUT2D eigenvalue weighted by Gasteiger charge is 2.15. The number of carbonyl (C=O) groups is 1. The van der Waals surface area contributed by atoms with Crippen LogP contribution in [0.1, 0.15) is 16.1 Å². The van der Waals surface area contributed by atoms with Gasteiger partial charge in [-0.1, -0.05) is 0 Å². The first-order valence-corrected chi connectivity index (χ1v) is 5.12. The van der Waals surface area contributed by atoms with Crippen LogP contribution in [-0.4, -0.2) is 21.0 Å². The van der Waals surface area contributed by atoms with Crippen molar-refractivity contribution in [3.8, 4) is 11.4 Å². The Bertz CT molecular complexity index is 629. The molecule has 18 heavy (non-hydrogen) atoms. The molecule has 0 aromatic carbocycles. The predicted octanol–water partition coefficient (Wildman–Crippen LogP) is 1.87. The lowest BCUT2D eigenvalue weighted by atomic mass is 10.1. The maximum absolute atomic E-state index is 13.8. The van der Waals surface area contributed by atoms with Gasteiger partial charge < -0.3 is 10.8 Å². The summed E-state index contributed by atoms with van der Waals surface area (Å²) in [5.41, 5.74) is 5.76. The molecular formula is C12H10FN3O2. The average Bonchev–Trinajstić information content (AvgIpc) is 2.33. The molecule has 0 bridgehead atoms. The van der Waals surface area contributed by atoms with E-state index in [9.17, 15) is 9.18 Å². The van der Waals surface area contributed by atoms with Crippen molar-refractivity contribution in [2.45, 2.75) is 6.92 Å². The number of aromatic carboxylic acids is 1. The molecule has 0 unspecified atom stereocenters. The SMILES string of the molecule is Cc1ccnc(-c2ccc(N)c(C(=O)O)n2)c1F. The quantitative estimate of drug-likeness (QED) is 0.845. The number of nitrogens with two attached hydrogens (primary N) is 1. The second-order valence-electron chi connectivity index (χ2n) is 3.73. The Balaban J connectivity index is 2.62. The van der Waals surface area contributed by atoms with E-state index in [0.717, 1.165) is 0 Å². The number of nitrogens with zero attached hydrogens (tertiary/aromatic N) is 2. The van der Waals surface area contributed by atoms with E-state index in [4.69, 9.17) is 10.8 Å². The molecule has 0 fully saturated rings. The van der Waals surface area contributed by atoms with E-state index in [0.29, 0.717) is 5.56 Å². The number of halogens is 1. The highest BCUT2D eigenvalue weighted by molar-refractivity contribution is 5.92. The molecule has 0 amide bonds. The molecule has 2 heterocycles. The van der Waals surface area contributed by atoms with Gasteiger partial charge in [0.1, 0.15) is 5.69 Å². The summed E-state index contributed by atoms with van der Waals surface area (Å²) in [4.78, 5) is 18.6. The summed E-state index contributed by atoms with van der Waals surface area (Å²) in [6, 6.07) is 4.33. The highest BCUT2D eigenvalue weighted by atomic mass is 19.1. The first kappa shape index (κ1) is 12.0. The van der Waals surface area contributed by atoms with Gasteiger partial charge in [-0.15, -0.1) is 0 Å². The zero-order valence-electron chi connectivity index (χ0n) is 9.51. The van der Waals surface area contributed by atoms with Crippen LogP contribution in [0.25, 0.3) is 11.4 Å². The van der Waals surface area contributed by atoms with Gasteiger partial charge in [0, 0.05) is 6.20 Å². The Hall–Kier alpha value is -2.50. The van der Waals surface area contributed by atoms with Gasteiger partial charge in [0.2, 0.25) is 0 Å². The Morgan fingerprint density at radius 1 is 1.39 bits per heavy atom. The number of nitrogen functional groups attached to an aromatic ring is 1. The third-order valence-electron chi connectivity index (χ3n) is 2.45. The van der Waals surface area contributed by atoms with E-state index in [1.54, 1.807) is 6.92 Å². The molecule has 3 N–H and O–H groups in total. The second-order valence-corrected chi connectivity index (χ2v) is 3.73. The minimum absolute atomic E-state index is 0.0116. The van der Waals surface area contributed by atoms with Crippen molar-refractivity contribution in [1.29, 1.82) is 0 Å². The fourth-order valence-electron chi connectivity index (χ4n) is 1.49. The number of anilines is 1. The van der Waals surface area contributed by atoms with E-state index in [-0.39, 0.29) is 22.8 Å². The van der Waals surface area contributed by atoms with Crippen LogP contribution in [-0.2, 0) is 0 Å². The van der Waals surface area contributed by atoms with E-state index in [1.165, 1.54) is 24.4 Å². The second kappa shape index (κ2) is 4.40. The zero-order chi connectivity index (χ0) is 13.3. The Morgan fingerprint density at radius 3 is 2.78 bits per heavy atom. The molecule has 2 aromatic rings. The molecule has 6 heteroatoms. The standard InChI is InChI=1S/C12H10FN3O2/c1-6-4-5-15-11(9(6)13)8-3-2-7(14)10(16-8)12(17)18/h2-5H,14H2,1H3,(H,17,18). The average molecular weight is 247 g/mol. The summed E-state index contributed by atoms with van der Waals surface area (Å²) in [6.45, 7) is 1.59. The van der Waals surface area contributed by atoms with Crippen LogP contribution in [0, 0.1) is 12.7 Å². The van der Waals surface area contributed by atoms with Crippen LogP contribution in [0.2, 0.25) is 0 Å². The van der Waals surface area contributed by atoms with Crippen LogP contribution < -0.4 is 5.73 Å². The summed E-state index contributed by atoms with van der Waals surface area (Å²) in [6.07, 6.45) is 1.44. The van der Waals surface area contributed by atoms with E-state index >= 15 is 0 Å². The Morgan fingerprint density at radius 2 is 2.11 bits per heavy atom. The lowest BCUT2D eigenvalue weighted by Crippen LogP contribution is -2.07. The maximum atomic E-state index is 13.8. The smallest absolute Gasteiger partial charge is 0.356 e. The van der Waals surface area contributed by atoms with Gasteiger partial charge >= 0.3 is 5.97 Å². The molecule has 5 nitrogen and oxygen atoms in total. The number of hydrogen-bond acceptors (Lipinski definition) is 4. The fraction of sp³-hybridized carbons (Fsp3) is 0.0833. The van der Waals surface area contributed by atoms with Crippen LogP contribution in [0.15, 0.2) is 24.4 Å². The third kappa shape index (κ3) is 2.00. The van der Waals surface area contributed by atoms with Crippen LogP contribution in [0.4, 0.5) is 10.1 Å². The highest BCUT2D eigenvalue weighted by Crippen LogP contribution is 2.22. The van der Waals surface area contributed by atoms with Gasteiger partial charge in [-0.05, 0) is 30.7 Å². The topological polar surface area (TPSA) is 89.1 Å². The normalized spacial score (nSPS) is 10.3. The molecular weight excluding hydrogens is 237 g/mol. The van der Waals surface area contributed by atoms with Crippen molar-refractivity contribution < 1.29 is 14.3 Å². The number of rotatable bonds is 2. The number of carboxylic acids is 1. The zero-order valence-corrected chi connectivity index (χ0v) is 9.51. The minimum Gasteiger partial charge on any atom is -0.476 e. The van der Waals surface area contributed by atoms with Crippen molar-refractivity contribution in [3.63, 3.8) is 0 Å². The van der Waals surface area contributed by atoms with Gasteiger partial charge in [0.05, 0.1) is 11.4 Å². The van der Waals surface area contributed by atoms with Crippen LogP contribution in [0.5, 0.6) is 0 Å². The molecule has 0 saturated carbocycles. The van der Waals surface area contributed by atoms with Crippen LogP contribution >= 0.6 is 0 Å². The van der Waals surface area contributed by atoms with Crippen molar-refractivity contribution in [2.24, 2.45) is 0 Å². The Labute approximate surface area is 102 Å². The van der Waals surface area contributed by atoms with Crippen LogP contribution in [0.3, 0.4) is 0 Å². The summed E-state index contributed by atoms with van der Waals surface area (Å²) in [5, 5.41) is 8.90. The third-order valence-corrected chi connectivity index (χ3v) is 2.45. The molecule has 0 aliphatic heterocycles. The van der Waals surface area contributed by atoms with Gasteiger partial charge in [-0.25, -0.2) is 14.2 Å². The van der Waals surface area contributed by atoms with Gasteiger partial charge in [-0.2, -0.15) is 0 Å². The number of hydrogen-bond donors (Lipinski definition) is 2. The molecule has 0 radical (unpaired) electrons. The number of carboxylic acid groups (broad SMARTS) is 1. The summed E-state index contributed by atoms with van der Waals surface area (Å²) >= 11 is 0. The van der Waals surface area contributed by atoms with E-state index < -0.39 is 11.8 Å². The molecule has 0 atom stereocenters. The number of aromatic nitrogens is 2. The molecule has 0 spiro atoms. The fourth-order valence-corrected chi connectivity index (χ4v) is 1.49. The maximum Gasteiger partial charge on any atom is 0.356 e. The summed E-state index contributed by atoms with van der Waals surface area (Å²) < 4.78 is 13.8. The minimum atomic E-state index is -1.26. The molecule has 0 saturated heterocycles.